The van der Waals surface area contributed by atoms with E-state index in [9.17, 15) is 9.90 Å². The normalized spacial score (nSPS) is 14.6. The molecule has 1 aromatic carbocycles. The molecule has 1 aliphatic rings. The minimum Gasteiger partial charge on any atom is -0.508 e. The van der Waals surface area contributed by atoms with Gasteiger partial charge in [-0.3, -0.25) is 4.79 Å². The van der Waals surface area contributed by atoms with Crippen LogP contribution in [0.25, 0.3) is 0 Å². The Labute approximate surface area is 122 Å². The Morgan fingerprint density at radius 1 is 1.39 bits per heavy atom. The van der Waals surface area contributed by atoms with E-state index in [0.717, 1.165) is 18.4 Å². The summed E-state index contributed by atoms with van der Waals surface area (Å²) in [5, 5.41) is 10.0. The number of phenols is 1. The summed E-state index contributed by atoms with van der Waals surface area (Å²) < 4.78 is 1.93. The molecular weight excluding hydrogens is 341 g/mol. The zero-order valence-electron chi connectivity index (χ0n) is 10.6. The third-order valence-electron chi connectivity index (χ3n) is 3.35. The Hall–Kier alpha value is -0.620. The molecule has 18 heavy (non-hydrogen) atoms. The van der Waals surface area contributed by atoms with Crippen LogP contribution in [0.5, 0.6) is 5.75 Å². The van der Waals surface area contributed by atoms with Gasteiger partial charge >= 0.3 is 0 Å². The van der Waals surface area contributed by atoms with Crippen LogP contribution in [0.15, 0.2) is 12.1 Å². The Morgan fingerprint density at radius 3 is 2.83 bits per heavy atom. The van der Waals surface area contributed by atoms with Crippen molar-refractivity contribution < 1.29 is 9.90 Å². The zero-order valence-corrected chi connectivity index (χ0v) is 12.7. The van der Waals surface area contributed by atoms with Gasteiger partial charge in [-0.15, -0.1) is 0 Å². The largest absolute Gasteiger partial charge is 0.508 e. The van der Waals surface area contributed by atoms with E-state index in [0.29, 0.717) is 18.8 Å². The summed E-state index contributed by atoms with van der Waals surface area (Å²) in [7, 11) is 0. The van der Waals surface area contributed by atoms with Crippen molar-refractivity contribution >= 4 is 28.6 Å². The average Bonchev–Trinajstić information content (AvgIpc) is 2.32. The Morgan fingerprint density at radius 2 is 2.11 bits per heavy atom. The van der Waals surface area contributed by atoms with Gasteiger partial charge in [-0.25, -0.2) is 3.11 Å². The Balaban J connectivity index is 2.23. The molecule has 0 atom stereocenters. The molecule has 1 aromatic rings. The van der Waals surface area contributed by atoms with E-state index in [4.69, 9.17) is 0 Å². The maximum absolute atomic E-state index is 11.1. The predicted molar refractivity (Wildman–Crippen MR) is 79.9 cm³/mol. The Bertz CT molecular complexity index is 459. The molecule has 0 unspecified atom stereocenters. The molecule has 0 aromatic heterocycles. The van der Waals surface area contributed by atoms with Gasteiger partial charge in [0.2, 0.25) is 0 Å². The molecule has 0 radical (unpaired) electrons. The van der Waals surface area contributed by atoms with Crippen LogP contribution in [0.3, 0.4) is 0 Å². The second-order valence-electron chi connectivity index (χ2n) is 4.89. The first-order chi connectivity index (χ1) is 8.58. The standard InChI is InChI=1S/C14H18INO2/c1-10(17)8-16(15)9-13-12-5-3-2-4-11(12)6-7-14(13)18/h6-7,18H,2-5,8-9H2,1H3. The molecule has 0 heterocycles. The van der Waals surface area contributed by atoms with Crippen molar-refractivity contribution in [2.75, 3.05) is 6.54 Å². The highest BCUT2D eigenvalue weighted by Crippen LogP contribution is 2.31. The number of hydrogen-bond donors (Lipinski definition) is 1. The molecule has 0 spiro atoms. The van der Waals surface area contributed by atoms with Crippen LogP contribution in [0.2, 0.25) is 0 Å². The monoisotopic (exact) mass is 359 g/mol. The third kappa shape index (κ3) is 3.23. The van der Waals surface area contributed by atoms with Crippen LogP contribution in [-0.4, -0.2) is 20.5 Å². The lowest BCUT2D eigenvalue weighted by atomic mass is 9.88. The number of rotatable bonds is 4. The first kappa shape index (κ1) is 13.8. The molecule has 0 fully saturated rings. The minimum atomic E-state index is 0.147. The van der Waals surface area contributed by atoms with Crippen molar-refractivity contribution in [3.63, 3.8) is 0 Å². The number of phenolic OH excluding ortho intramolecular Hbond substituents is 1. The molecule has 2 rings (SSSR count). The van der Waals surface area contributed by atoms with E-state index in [1.54, 1.807) is 13.0 Å². The number of carbonyl (C=O) groups excluding carboxylic acids is 1. The van der Waals surface area contributed by atoms with Gasteiger partial charge in [0.15, 0.2) is 0 Å². The molecule has 0 saturated carbocycles. The van der Waals surface area contributed by atoms with Gasteiger partial charge in [-0.2, -0.15) is 0 Å². The van der Waals surface area contributed by atoms with Gasteiger partial charge in [-0.05, 0) is 49.8 Å². The van der Waals surface area contributed by atoms with E-state index >= 15 is 0 Å². The SMILES string of the molecule is CC(=O)CN(I)Cc1c(O)ccc2c1CCCC2. The number of nitrogens with zero attached hydrogens (tertiary/aromatic N) is 1. The summed E-state index contributed by atoms with van der Waals surface area (Å²) in [5.41, 5.74) is 3.66. The van der Waals surface area contributed by atoms with E-state index in [-0.39, 0.29) is 5.78 Å². The van der Waals surface area contributed by atoms with Crippen LogP contribution in [0.1, 0.15) is 36.5 Å². The lowest BCUT2D eigenvalue weighted by Gasteiger charge is -2.22. The predicted octanol–water partition coefficient (Wildman–Crippen LogP) is 3.01. The highest BCUT2D eigenvalue weighted by molar-refractivity contribution is 14.1. The summed E-state index contributed by atoms with van der Waals surface area (Å²) in [6.45, 7) is 2.64. The fourth-order valence-electron chi connectivity index (χ4n) is 2.54. The van der Waals surface area contributed by atoms with E-state index in [2.05, 4.69) is 22.9 Å². The lowest BCUT2D eigenvalue weighted by Crippen LogP contribution is -2.20. The number of halogens is 1. The van der Waals surface area contributed by atoms with Crippen molar-refractivity contribution in [3.8, 4) is 5.75 Å². The molecule has 0 amide bonds. The van der Waals surface area contributed by atoms with Gasteiger partial charge in [0, 0.05) is 35.0 Å². The number of benzene rings is 1. The molecule has 0 saturated heterocycles. The summed E-state index contributed by atoms with van der Waals surface area (Å²) in [5.74, 6) is 0.509. The molecule has 0 aliphatic heterocycles. The minimum absolute atomic E-state index is 0.147. The van der Waals surface area contributed by atoms with Gasteiger partial charge in [0.1, 0.15) is 11.5 Å². The molecule has 0 bridgehead atoms. The first-order valence-corrected chi connectivity index (χ1v) is 7.27. The van der Waals surface area contributed by atoms with Crippen molar-refractivity contribution in [3.05, 3.63) is 28.8 Å². The zero-order chi connectivity index (χ0) is 13.1. The molecule has 1 aliphatic carbocycles. The smallest absolute Gasteiger partial charge is 0.144 e. The summed E-state index contributed by atoms with van der Waals surface area (Å²) >= 11 is 2.15. The van der Waals surface area contributed by atoms with Crippen LogP contribution < -0.4 is 0 Å². The highest BCUT2D eigenvalue weighted by Gasteiger charge is 2.18. The summed E-state index contributed by atoms with van der Waals surface area (Å²) in [6.07, 6.45) is 4.58. The van der Waals surface area contributed by atoms with Gasteiger partial charge in [0.05, 0.1) is 6.54 Å². The van der Waals surface area contributed by atoms with Crippen molar-refractivity contribution in [2.45, 2.75) is 39.2 Å². The summed E-state index contributed by atoms with van der Waals surface area (Å²) in [4.78, 5) is 11.1. The molecule has 1 N–H and O–H groups in total. The molecule has 4 heteroatoms. The van der Waals surface area contributed by atoms with Crippen LogP contribution >= 0.6 is 22.9 Å². The van der Waals surface area contributed by atoms with Crippen molar-refractivity contribution in [2.24, 2.45) is 0 Å². The number of ketones is 1. The van der Waals surface area contributed by atoms with E-state index in [1.807, 2.05) is 9.18 Å². The van der Waals surface area contributed by atoms with Crippen LogP contribution in [0, 0.1) is 0 Å². The molecular formula is C14H18INO2. The number of aromatic hydroxyl groups is 1. The van der Waals surface area contributed by atoms with Crippen LogP contribution in [0.4, 0.5) is 0 Å². The van der Waals surface area contributed by atoms with Crippen molar-refractivity contribution in [1.29, 1.82) is 0 Å². The van der Waals surface area contributed by atoms with Crippen LogP contribution in [-0.2, 0) is 24.2 Å². The Kier molecular flexibility index (Phi) is 4.61. The van der Waals surface area contributed by atoms with E-state index in [1.165, 1.54) is 24.0 Å². The molecule has 98 valence electrons. The number of fused-ring (bicyclic) bond motifs is 1. The van der Waals surface area contributed by atoms with Gasteiger partial charge in [0.25, 0.3) is 0 Å². The maximum atomic E-state index is 11.1. The van der Waals surface area contributed by atoms with Gasteiger partial charge in [-0.1, -0.05) is 6.07 Å². The number of Topliss-reactive ketones (excluding diaryl/α,β-unsaturated/α-hetero) is 1. The fraction of sp³-hybridized carbons (Fsp3) is 0.500. The second kappa shape index (κ2) is 6.02. The number of hydrogen-bond acceptors (Lipinski definition) is 3. The second-order valence-corrected chi connectivity index (χ2v) is 6.25. The summed E-state index contributed by atoms with van der Waals surface area (Å²) in [6, 6.07) is 3.83. The fourth-order valence-corrected chi connectivity index (χ4v) is 3.36. The quantitative estimate of drug-likeness (QED) is 0.664. The maximum Gasteiger partial charge on any atom is 0.144 e. The van der Waals surface area contributed by atoms with Crippen molar-refractivity contribution in [1.82, 2.24) is 3.11 Å². The number of aryl methyl sites for hydroxylation is 1. The average molecular weight is 359 g/mol. The lowest BCUT2D eigenvalue weighted by molar-refractivity contribution is -0.117. The topological polar surface area (TPSA) is 40.5 Å². The van der Waals surface area contributed by atoms with Gasteiger partial charge < -0.3 is 5.11 Å². The molecule has 3 nitrogen and oxygen atoms in total. The first-order valence-electron chi connectivity index (χ1n) is 6.30. The number of carbonyl (C=O) groups is 1. The highest BCUT2D eigenvalue weighted by atomic mass is 127. The third-order valence-corrected chi connectivity index (χ3v) is 4.03. The van der Waals surface area contributed by atoms with E-state index < -0.39 is 0 Å².